The van der Waals surface area contributed by atoms with Crippen molar-refractivity contribution in [2.75, 3.05) is 6.54 Å². The summed E-state index contributed by atoms with van der Waals surface area (Å²) in [5, 5.41) is 5.88. The van der Waals surface area contributed by atoms with Crippen LogP contribution in [0.25, 0.3) is 0 Å². The number of hydrazone groups is 1. The number of urea groups is 1. The fourth-order valence-electron chi connectivity index (χ4n) is 1.55. The SMILES string of the molecule is NC(=O)N1CC(N)C(c2ccc(Cl)cc2)=N1. The first kappa shape index (κ1) is 10.9. The molecular weight excluding hydrogens is 228 g/mol. The molecule has 1 aromatic carbocycles. The number of hydrogen-bond donors (Lipinski definition) is 2. The van der Waals surface area contributed by atoms with Crippen molar-refractivity contribution in [3.05, 3.63) is 34.9 Å². The van der Waals surface area contributed by atoms with Crippen molar-refractivity contribution < 1.29 is 4.79 Å². The van der Waals surface area contributed by atoms with Crippen LogP contribution in [0.5, 0.6) is 0 Å². The lowest BCUT2D eigenvalue weighted by atomic mass is 10.1. The molecule has 5 nitrogen and oxygen atoms in total. The first-order valence-corrected chi connectivity index (χ1v) is 5.12. The quantitative estimate of drug-likeness (QED) is 0.757. The molecule has 0 spiro atoms. The van der Waals surface area contributed by atoms with Crippen LogP contribution in [0.1, 0.15) is 5.56 Å². The molecule has 16 heavy (non-hydrogen) atoms. The van der Waals surface area contributed by atoms with Gasteiger partial charge in [0.15, 0.2) is 0 Å². The number of benzene rings is 1. The van der Waals surface area contributed by atoms with Gasteiger partial charge in [-0.2, -0.15) is 5.10 Å². The first-order valence-electron chi connectivity index (χ1n) is 4.75. The summed E-state index contributed by atoms with van der Waals surface area (Å²) in [7, 11) is 0. The van der Waals surface area contributed by atoms with Gasteiger partial charge in [-0.05, 0) is 17.7 Å². The highest BCUT2D eigenvalue weighted by Crippen LogP contribution is 2.15. The zero-order valence-electron chi connectivity index (χ0n) is 8.43. The van der Waals surface area contributed by atoms with Crippen LogP contribution in [-0.4, -0.2) is 29.3 Å². The number of rotatable bonds is 1. The predicted octanol–water partition coefficient (Wildman–Crippen LogP) is 0.766. The third-order valence-corrected chi connectivity index (χ3v) is 2.60. The summed E-state index contributed by atoms with van der Waals surface area (Å²) in [6.45, 7) is 0.313. The van der Waals surface area contributed by atoms with Gasteiger partial charge in [0.1, 0.15) is 0 Å². The monoisotopic (exact) mass is 238 g/mol. The van der Waals surface area contributed by atoms with E-state index in [-0.39, 0.29) is 6.04 Å². The average Bonchev–Trinajstić information content (AvgIpc) is 2.62. The molecule has 84 valence electrons. The van der Waals surface area contributed by atoms with Gasteiger partial charge in [0.2, 0.25) is 0 Å². The number of carbonyl (C=O) groups is 1. The summed E-state index contributed by atoms with van der Waals surface area (Å²) in [5.41, 5.74) is 12.5. The maximum atomic E-state index is 10.9. The normalized spacial score (nSPS) is 19.8. The Labute approximate surface area is 97.7 Å². The molecule has 0 saturated carbocycles. The Morgan fingerprint density at radius 3 is 2.56 bits per heavy atom. The number of hydrogen-bond acceptors (Lipinski definition) is 3. The molecule has 1 heterocycles. The van der Waals surface area contributed by atoms with Crippen LogP contribution >= 0.6 is 11.6 Å². The Morgan fingerprint density at radius 2 is 2.06 bits per heavy atom. The van der Waals surface area contributed by atoms with Crippen LogP contribution in [0, 0.1) is 0 Å². The fraction of sp³-hybridized carbons (Fsp3) is 0.200. The Bertz CT molecular complexity index is 443. The van der Waals surface area contributed by atoms with Crippen LogP contribution in [0.4, 0.5) is 4.79 Å². The lowest BCUT2D eigenvalue weighted by Crippen LogP contribution is -2.37. The highest BCUT2D eigenvalue weighted by Gasteiger charge is 2.26. The van der Waals surface area contributed by atoms with E-state index in [0.717, 1.165) is 10.6 Å². The van der Waals surface area contributed by atoms with E-state index in [1.165, 1.54) is 0 Å². The Hall–Kier alpha value is -1.59. The average molecular weight is 239 g/mol. The maximum Gasteiger partial charge on any atom is 0.335 e. The van der Waals surface area contributed by atoms with E-state index >= 15 is 0 Å². The molecule has 0 bridgehead atoms. The molecule has 0 fully saturated rings. The van der Waals surface area contributed by atoms with Crippen LogP contribution < -0.4 is 11.5 Å². The van der Waals surface area contributed by atoms with Gasteiger partial charge in [-0.1, -0.05) is 23.7 Å². The van der Waals surface area contributed by atoms with Crippen molar-refractivity contribution in [2.24, 2.45) is 16.6 Å². The van der Waals surface area contributed by atoms with E-state index in [1.54, 1.807) is 12.1 Å². The molecule has 1 aromatic rings. The zero-order chi connectivity index (χ0) is 11.7. The van der Waals surface area contributed by atoms with Gasteiger partial charge < -0.3 is 11.5 Å². The molecule has 0 aliphatic carbocycles. The summed E-state index contributed by atoms with van der Waals surface area (Å²) in [4.78, 5) is 10.9. The van der Waals surface area contributed by atoms with Crippen molar-refractivity contribution in [3.8, 4) is 0 Å². The van der Waals surface area contributed by atoms with Gasteiger partial charge in [-0.25, -0.2) is 9.80 Å². The topological polar surface area (TPSA) is 84.7 Å². The van der Waals surface area contributed by atoms with Crippen molar-refractivity contribution in [3.63, 3.8) is 0 Å². The summed E-state index contributed by atoms with van der Waals surface area (Å²) in [6.07, 6.45) is 0. The summed E-state index contributed by atoms with van der Waals surface area (Å²) in [6, 6.07) is 6.21. The smallest absolute Gasteiger partial charge is 0.335 e. The minimum atomic E-state index is -0.598. The molecule has 2 amide bonds. The second kappa shape index (κ2) is 4.11. The molecular formula is C10H11ClN4O. The van der Waals surface area contributed by atoms with Gasteiger partial charge >= 0.3 is 6.03 Å². The molecule has 1 aliphatic rings. The Kier molecular flexibility index (Phi) is 2.80. The number of amides is 2. The summed E-state index contributed by atoms with van der Waals surface area (Å²) >= 11 is 5.78. The molecule has 6 heteroatoms. The van der Waals surface area contributed by atoms with Gasteiger partial charge in [0.25, 0.3) is 0 Å². The van der Waals surface area contributed by atoms with Crippen LogP contribution in [-0.2, 0) is 0 Å². The molecule has 0 aromatic heterocycles. The maximum absolute atomic E-state index is 10.9. The molecule has 1 atom stereocenters. The van der Waals surface area contributed by atoms with Crippen LogP contribution in [0.2, 0.25) is 5.02 Å². The Balaban J connectivity index is 2.30. The fourth-order valence-corrected chi connectivity index (χ4v) is 1.68. The molecule has 1 unspecified atom stereocenters. The van der Waals surface area contributed by atoms with Gasteiger partial charge in [0.05, 0.1) is 18.3 Å². The Morgan fingerprint density at radius 1 is 1.44 bits per heavy atom. The predicted molar refractivity (Wildman–Crippen MR) is 62.3 cm³/mol. The second-order valence-electron chi connectivity index (χ2n) is 3.52. The van der Waals surface area contributed by atoms with Gasteiger partial charge in [-0.15, -0.1) is 0 Å². The van der Waals surface area contributed by atoms with Crippen molar-refractivity contribution in [2.45, 2.75) is 6.04 Å². The minimum Gasteiger partial charge on any atom is -0.350 e. The van der Waals surface area contributed by atoms with Crippen molar-refractivity contribution >= 4 is 23.3 Å². The molecule has 1 aliphatic heterocycles. The van der Waals surface area contributed by atoms with E-state index in [4.69, 9.17) is 23.1 Å². The number of nitrogens with zero attached hydrogens (tertiary/aromatic N) is 2. The third-order valence-electron chi connectivity index (χ3n) is 2.34. The number of nitrogens with two attached hydrogens (primary N) is 2. The summed E-state index contributed by atoms with van der Waals surface area (Å²) in [5.74, 6) is 0. The van der Waals surface area contributed by atoms with Crippen molar-refractivity contribution in [1.82, 2.24) is 5.01 Å². The zero-order valence-corrected chi connectivity index (χ0v) is 9.19. The lowest BCUT2D eigenvalue weighted by Gasteiger charge is -2.07. The molecule has 0 radical (unpaired) electrons. The van der Waals surface area contributed by atoms with Crippen LogP contribution in [0.15, 0.2) is 29.4 Å². The largest absolute Gasteiger partial charge is 0.350 e. The highest BCUT2D eigenvalue weighted by molar-refractivity contribution is 6.30. The first-order chi connectivity index (χ1) is 7.58. The number of primary amides is 1. The summed E-state index contributed by atoms with van der Waals surface area (Å²) < 4.78 is 0. The van der Waals surface area contributed by atoms with Gasteiger partial charge in [0, 0.05) is 5.02 Å². The molecule has 2 rings (SSSR count). The molecule has 0 saturated heterocycles. The van der Waals surface area contributed by atoms with Crippen LogP contribution in [0.3, 0.4) is 0 Å². The van der Waals surface area contributed by atoms with E-state index in [1.807, 2.05) is 12.1 Å². The van der Waals surface area contributed by atoms with Crippen molar-refractivity contribution in [1.29, 1.82) is 0 Å². The lowest BCUT2D eigenvalue weighted by molar-refractivity contribution is 0.214. The number of carbonyl (C=O) groups excluding carboxylic acids is 1. The number of halogens is 1. The third kappa shape index (κ3) is 2.00. The van der Waals surface area contributed by atoms with Gasteiger partial charge in [-0.3, -0.25) is 0 Å². The highest BCUT2D eigenvalue weighted by atomic mass is 35.5. The second-order valence-corrected chi connectivity index (χ2v) is 3.96. The van der Waals surface area contributed by atoms with E-state index < -0.39 is 6.03 Å². The molecule has 4 N–H and O–H groups in total. The van der Waals surface area contributed by atoms with E-state index in [0.29, 0.717) is 17.3 Å². The standard InChI is InChI=1S/C10H11ClN4O/c11-7-3-1-6(2-4-7)9-8(12)5-15(14-9)10(13)16/h1-4,8H,5,12H2,(H2,13,16). The van der Waals surface area contributed by atoms with E-state index in [9.17, 15) is 4.79 Å². The minimum absolute atomic E-state index is 0.311. The van der Waals surface area contributed by atoms with E-state index in [2.05, 4.69) is 5.10 Å².